The first-order chi connectivity index (χ1) is 15.9. The van der Waals surface area contributed by atoms with Gasteiger partial charge in [-0.25, -0.2) is 13.9 Å². The van der Waals surface area contributed by atoms with Gasteiger partial charge in [-0.3, -0.25) is 9.78 Å². The lowest BCUT2D eigenvalue weighted by molar-refractivity contribution is 0.0685. The molecule has 0 atom stereocenters. The quantitative estimate of drug-likeness (QED) is 0.443. The summed E-state index contributed by atoms with van der Waals surface area (Å²) in [4.78, 5) is 26.8. The van der Waals surface area contributed by atoms with Crippen molar-refractivity contribution in [2.75, 3.05) is 26.2 Å². The zero-order valence-electron chi connectivity index (χ0n) is 17.4. The highest BCUT2D eigenvalue weighted by molar-refractivity contribution is 7.87. The van der Waals surface area contributed by atoms with E-state index in [1.54, 1.807) is 60.3 Å². The second-order valence-corrected chi connectivity index (χ2v) is 9.86. The van der Waals surface area contributed by atoms with Crippen molar-refractivity contribution in [3.8, 4) is 11.1 Å². The standard InChI is InChI=1S/C22H19ClN6O3S/c23-20-2-1-17-14-29(15-18(17)11-20)33(31,32)28-9-7-27(8-10-28)22(30)21-25-12-19(13-26-21)16-3-5-24-6-4-16/h1-6,11-15H,7-10H2. The highest BCUT2D eigenvalue weighted by atomic mass is 35.5. The number of rotatable bonds is 4. The summed E-state index contributed by atoms with van der Waals surface area (Å²) in [6, 6.07) is 8.89. The maximum atomic E-state index is 13.1. The third-order valence-electron chi connectivity index (χ3n) is 5.56. The van der Waals surface area contributed by atoms with E-state index in [1.807, 2.05) is 12.1 Å². The van der Waals surface area contributed by atoms with Gasteiger partial charge in [0.1, 0.15) is 0 Å². The number of hydrogen-bond acceptors (Lipinski definition) is 6. The fourth-order valence-corrected chi connectivity index (χ4v) is 5.31. The number of halogens is 1. The minimum Gasteiger partial charge on any atom is -0.333 e. The number of nitrogens with zero attached hydrogens (tertiary/aromatic N) is 6. The molecular weight excluding hydrogens is 464 g/mol. The van der Waals surface area contributed by atoms with Crippen LogP contribution in [0.2, 0.25) is 5.02 Å². The molecule has 1 fully saturated rings. The van der Waals surface area contributed by atoms with E-state index in [0.29, 0.717) is 5.02 Å². The van der Waals surface area contributed by atoms with Gasteiger partial charge in [-0.1, -0.05) is 17.7 Å². The van der Waals surface area contributed by atoms with Crippen LogP contribution in [0.5, 0.6) is 0 Å². The van der Waals surface area contributed by atoms with Crippen LogP contribution in [0.1, 0.15) is 10.6 Å². The van der Waals surface area contributed by atoms with Gasteiger partial charge in [0.25, 0.3) is 5.91 Å². The molecule has 0 aliphatic carbocycles. The molecule has 0 saturated carbocycles. The molecule has 1 aliphatic heterocycles. The molecule has 33 heavy (non-hydrogen) atoms. The third kappa shape index (κ3) is 4.20. The summed E-state index contributed by atoms with van der Waals surface area (Å²) in [5.74, 6) is -0.243. The van der Waals surface area contributed by atoms with Gasteiger partial charge in [-0.05, 0) is 29.8 Å². The second kappa shape index (κ2) is 8.54. The number of piperazine rings is 1. The highest BCUT2D eigenvalue weighted by Crippen LogP contribution is 2.23. The molecule has 1 saturated heterocycles. The van der Waals surface area contributed by atoms with Crippen molar-refractivity contribution < 1.29 is 13.2 Å². The van der Waals surface area contributed by atoms with Gasteiger partial charge in [-0.15, -0.1) is 0 Å². The Morgan fingerprint density at radius 3 is 2.24 bits per heavy atom. The molecule has 0 radical (unpaired) electrons. The van der Waals surface area contributed by atoms with Crippen molar-refractivity contribution in [1.29, 1.82) is 0 Å². The van der Waals surface area contributed by atoms with Crippen molar-refractivity contribution in [3.63, 3.8) is 0 Å². The van der Waals surface area contributed by atoms with E-state index in [9.17, 15) is 13.2 Å². The largest absolute Gasteiger partial charge is 0.333 e. The van der Waals surface area contributed by atoms with Crippen molar-refractivity contribution in [1.82, 2.24) is 28.1 Å². The Labute approximate surface area is 195 Å². The van der Waals surface area contributed by atoms with Crippen LogP contribution < -0.4 is 0 Å². The SMILES string of the molecule is O=C(c1ncc(-c2ccncc2)cn1)N1CCN(S(=O)(=O)n2cc3ccc(Cl)cc3c2)CC1. The average Bonchev–Trinajstić information content (AvgIpc) is 3.28. The Morgan fingerprint density at radius 2 is 1.55 bits per heavy atom. The predicted octanol–water partition coefficient (Wildman–Crippen LogP) is 2.70. The zero-order valence-corrected chi connectivity index (χ0v) is 18.9. The van der Waals surface area contributed by atoms with Crippen LogP contribution in [0.3, 0.4) is 0 Å². The molecule has 3 aromatic heterocycles. The molecule has 11 heteroatoms. The van der Waals surface area contributed by atoms with Gasteiger partial charge in [-0.2, -0.15) is 12.7 Å². The summed E-state index contributed by atoms with van der Waals surface area (Å²) in [6.07, 6.45) is 9.66. The molecule has 1 aliphatic rings. The Balaban J connectivity index is 1.26. The van der Waals surface area contributed by atoms with E-state index in [0.717, 1.165) is 21.9 Å². The number of aromatic nitrogens is 4. The number of carbonyl (C=O) groups is 1. The molecule has 0 N–H and O–H groups in total. The van der Waals surface area contributed by atoms with Crippen molar-refractivity contribution >= 4 is 38.5 Å². The monoisotopic (exact) mass is 482 g/mol. The Morgan fingerprint density at radius 1 is 0.879 bits per heavy atom. The maximum Gasteiger partial charge on any atom is 0.307 e. The molecule has 0 spiro atoms. The number of benzene rings is 1. The fraction of sp³-hybridized carbons (Fsp3) is 0.182. The van der Waals surface area contributed by atoms with E-state index in [4.69, 9.17) is 11.6 Å². The molecule has 168 valence electrons. The molecule has 1 aromatic carbocycles. The van der Waals surface area contributed by atoms with E-state index < -0.39 is 10.2 Å². The predicted molar refractivity (Wildman–Crippen MR) is 124 cm³/mol. The van der Waals surface area contributed by atoms with Crippen LogP contribution in [0.4, 0.5) is 0 Å². The average molecular weight is 483 g/mol. The van der Waals surface area contributed by atoms with Gasteiger partial charge in [0.05, 0.1) is 0 Å². The van der Waals surface area contributed by atoms with Crippen molar-refractivity contribution in [3.05, 3.63) is 78.4 Å². The second-order valence-electron chi connectivity index (χ2n) is 7.59. The first-order valence-corrected chi connectivity index (χ1v) is 12.0. The molecule has 5 rings (SSSR count). The van der Waals surface area contributed by atoms with Gasteiger partial charge in [0, 0.05) is 84.7 Å². The van der Waals surface area contributed by atoms with E-state index in [-0.39, 0.29) is 37.9 Å². The van der Waals surface area contributed by atoms with Gasteiger partial charge in [0.2, 0.25) is 5.82 Å². The molecule has 9 nitrogen and oxygen atoms in total. The summed E-state index contributed by atoms with van der Waals surface area (Å²) >= 11 is 6.01. The highest BCUT2D eigenvalue weighted by Gasteiger charge is 2.31. The number of pyridine rings is 1. The molecular formula is C22H19ClN6O3S. The van der Waals surface area contributed by atoms with Gasteiger partial charge >= 0.3 is 10.2 Å². The number of carbonyl (C=O) groups excluding carboxylic acids is 1. The summed E-state index contributed by atoms with van der Waals surface area (Å²) in [5, 5.41) is 2.07. The maximum absolute atomic E-state index is 13.1. The smallest absolute Gasteiger partial charge is 0.307 e. The Hall–Kier alpha value is -3.34. The zero-order chi connectivity index (χ0) is 23.0. The van der Waals surface area contributed by atoms with E-state index in [2.05, 4.69) is 15.0 Å². The van der Waals surface area contributed by atoms with Crippen LogP contribution in [-0.2, 0) is 10.2 Å². The fourth-order valence-electron chi connectivity index (χ4n) is 3.75. The Bertz CT molecular complexity index is 1420. The minimum atomic E-state index is -3.75. The summed E-state index contributed by atoms with van der Waals surface area (Å²) in [7, 11) is -3.75. The number of amides is 1. The Kier molecular flexibility index (Phi) is 5.57. The lowest BCUT2D eigenvalue weighted by Crippen LogP contribution is -2.51. The van der Waals surface area contributed by atoms with Crippen molar-refractivity contribution in [2.24, 2.45) is 0 Å². The third-order valence-corrected chi connectivity index (χ3v) is 7.55. The van der Waals surface area contributed by atoms with Crippen LogP contribution in [0.25, 0.3) is 21.9 Å². The van der Waals surface area contributed by atoms with E-state index in [1.165, 1.54) is 8.28 Å². The van der Waals surface area contributed by atoms with Crippen LogP contribution in [-0.4, -0.2) is 68.6 Å². The van der Waals surface area contributed by atoms with Gasteiger partial charge < -0.3 is 4.90 Å². The number of hydrogen-bond donors (Lipinski definition) is 0. The summed E-state index contributed by atoms with van der Waals surface area (Å²) in [6.45, 7) is 0.858. The topological polar surface area (TPSA) is 101 Å². The first-order valence-electron chi connectivity index (χ1n) is 10.2. The molecule has 4 aromatic rings. The normalized spacial score (nSPS) is 15.1. The summed E-state index contributed by atoms with van der Waals surface area (Å²) < 4.78 is 28.7. The van der Waals surface area contributed by atoms with Crippen molar-refractivity contribution in [2.45, 2.75) is 0 Å². The molecule has 0 bridgehead atoms. The van der Waals surface area contributed by atoms with Crippen LogP contribution in [0, 0.1) is 0 Å². The lowest BCUT2D eigenvalue weighted by Gasteiger charge is -2.33. The molecule has 0 unspecified atom stereocenters. The van der Waals surface area contributed by atoms with Crippen LogP contribution >= 0.6 is 11.6 Å². The van der Waals surface area contributed by atoms with E-state index >= 15 is 0 Å². The first kappa shape index (κ1) is 21.5. The minimum absolute atomic E-state index is 0.0812. The number of fused-ring (bicyclic) bond motifs is 1. The van der Waals surface area contributed by atoms with Gasteiger partial charge in [0.15, 0.2) is 0 Å². The molecule has 4 heterocycles. The summed E-state index contributed by atoms with van der Waals surface area (Å²) in [5.41, 5.74) is 1.69. The lowest BCUT2D eigenvalue weighted by atomic mass is 10.1. The van der Waals surface area contributed by atoms with Crippen LogP contribution in [0.15, 0.2) is 67.5 Å². The molecule has 1 amide bonds.